The van der Waals surface area contributed by atoms with Crippen molar-refractivity contribution in [2.45, 2.75) is 31.3 Å². The van der Waals surface area contributed by atoms with Gasteiger partial charge in [0, 0.05) is 0 Å². The Bertz CT molecular complexity index is 109. The van der Waals surface area contributed by atoms with Crippen LogP contribution in [0.5, 0.6) is 0 Å². The van der Waals surface area contributed by atoms with E-state index in [1.54, 1.807) is 0 Å². The van der Waals surface area contributed by atoms with Gasteiger partial charge < -0.3 is 0 Å². The molecule has 0 rings (SSSR count). The Balaban J connectivity index is 4.14. The van der Waals surface area contributed by atoms with E-state index in [0.717, 1.165) is 6.42 Å². The lowest BCUT2D eigenvalue weighted by atomic mass is 10.1. The van der Waals surface area contributed by atoms with Crippen molar-refractivity contribution in [2.24, 2.45) is 0 Å². The molecule has 0 aliphatic rings. The summed E-state index contributed by atoms with van der Waals surface area (Å²) in [5.74, 6) is 0. The van der Waals surface area contributed by atoms with E-state index in [1.165, 1.54) is 5.57 Å². The SMILES string of the molecule is C/C=C(\CC)C(C)(S)S. The van der Waals surface area contributed by atoms with E-state index in [9.17, 15) is 0 Å². The van der Waals surface area contributed by atoms with Crippen molar-refractivity contribution in [3.8, 4) is 0 Å². The van der Waals surface area contributed by atoms with Gasteiger partial charge in [-0.05, 0) is 25.8 Å². The minimum Gasteiger partial charge on any atom is -0.158 e. The van der Waals surface area contributed by atoms with Crippen LogP contribution in [0.15, 0.2) is 11.6 Å². The monoisotopic (exact) mass is 162 g/mol. The van der Waals surface area contributed by atoms with Crippen LogP contribution in [-0.2, 0) is 0 Å². The summed E-state index contributed by atoms with van der Waals surface area (Å²) in [6.45, 7) is 6.11. The molecule has 54 valence electrons. The largest absolute Gasteiger partial charge is 0.158 e. The molecule has 2 heteroatoms. The first-order chi connectivity index (χ1) is 4.02. The minimum absolute atomic E-state index is 0.233. The molecule has 0 aliphatic heterocycles. The van der Waals surface area contributed by atoms with Gasteiger partial charge in [-0.3, -0.25) is 0 Å². The van der Waals surface area contributed by atoms with Crippen molar-refractivity contribution in [2.75, 3.05) is 0 Å². The number of thiol groups is 2. The van der Waals surface area contributed by atoms with Crippen molar-refractivity contribution in [3.63, 3.8) is 0 Å². The topological polar surface area (TPSA) is 0 Å². The molecule has 9 heavy (non-hydrogen) atoms. The number of allylic oxidation sites excluding steroid dienone is 1. The van der Waals surface area contributed by atoms with E-state index in [0.29, 0.717) is 0 Å². The number of hydrogen-bond acceptors (Lipinski definition) is 2. The third kappa shape index (κ3) is 3.21. The highest BCUT2D eigenvalue weighted by Crippen LogP contribution is 2.29. The molecular formula is C7H14S2. The van der Waals surface area contributed by atoms with Gasteiger partial charge in [-0.2, -0.15) is 25.3 Å². The zero-order valence-electron chi connectivity index (χ0n) is 6.18. The molecule has 0 aromatic heterocycles. The van der Waals surface area contributed by atoms with Gasteiger partial charge in [-0.15, -0.1) is 0 Å². The van der Waals surface area contributed by atoms with Crippen LogP contribution in [-0.4, -0.2) is 4.08 Å². The maximum Gasteiger partial charge on any atom is 0.0733 e. The molecule has 0 nitrogen and oxygen atoms in total. The van der Waals surface area contributed by atoms with E-state index in [2.05, 4.69) is 38.3 Å². The third-order valence-electron chi connectivity index (χ3n) is 1.34. The van der Waals surface area contributed by atoms with Crippen molar-refractivity contribution in [3.05, 3.63) is 11.6 Å². The summed E-state index contributed by atoms with van der Waals surface area (Å²) in [5.41, 5.74) is 1.27. The van der Waals surface area contributed by atoms with Gasteiger partial charge in [0.1, 0.15) is 0 Å². The zero-order valence-corrected chi connectivity index (χ0v) is 7.97. The Morgan fingerprint density at radius 2 is 2.00 bits per heavy atom. The molecule has 0 aromatic carbocycles. The molecule has 0 radical (unpaired) electrons. The average Bonchev–Trinajstić information content (AvgIpc) is 1.65. The molecule has 0 amide bonds. The molecule has 0 unspecified atom stereocenters. The van der Waals surface area contributed by atoms with Gasteiger partial charge in [0.15, 0.2) is 0 Å². The normalized spacial score (nSPS) is 14.1. The first kappa shape index (κ1) is 9.44. The van der Waals surface area contributed by atoms with Crippen LogP contribution in [0.3, 0.4) is 0 Å². The highest BCUT2D eigenvalue weighted by Gasteiger charge is 2.15. The van der Waals surface area contributed by atoms with Gasteiger partial charge in [-0.1, -0.05) is 13.0 Å². The van der Waals surface area contributed by atoms with E-state index in [4.69, 9.17) is 0 Å². The fourth-order valence-electron chi connectivity index (χ4n) is 0.812. The molecule has 0 aliphatic carbocycles. The van der Waals surface area contributed by atoms with Crippen LogP contribution in [0.2, 0.25) is 0 Å². The lowest BCUT2D eigenvalue weighted by Gasteiger charge is -2.19. The Morgan fingerprint density at radius 1 is 1.56 bits per heavy atom. The van der Waals surface area contributed by atoms with Gasteiger partial charge in [0.05, 0.1) is 4.08 Å². The van der Waals surface area contributed by atoms with E-state index >= 15 is 0 Å². The Kier molecular flexibility index (Phi) is 3.74. The minimum atomic E-state index is -0.233. The van der Waals surface area contributed by atoms with Crippen LogP contribution in [0.25, 0.3) is 0 Å². The summed E-state index contributed by atoms with van der Waals surface area (Å²) < 4.78 is -0.233. The highest BCUT2D eigenvalue weighted by atomic mass is 32.2. The second kappa shape index (κ2) is 3.57. The standard InChI is InChI=1S/C7H14S2/c1-4-6(5-2)7(3,8)9/h4,8-9H,5H2,1-3H3/b6-4+. The Hall–Kier alpha value is 0.440. The molecule has 0 heterocycles. The second-order valence-electron chi connectivity index (χ2n) is 2.19. The van der Waals surface area contributed by atoms with E-state index in [-0.39, 0.29) is 4.08 Å². The predicted molar refractivity (Wildman–Crippen MR) is 50.4 cm³/mol. The number of hydrogen-bond donors (Lipinski definition) is 2. The van der Waals surface area contributed by atoms with Crippen LogP contribution >= 0.6 is 25.3 Å². The fourth-order valence-corrected chi connectivity index (χ4v) is 1.39. The maximum absolute atomic E-state index is 4.31. The van der Waals surface area contributed by atoms with Gasteiger partial charge in [0.25, 0.3) is 0 Å². The van der Waals surface area contributed by atoms with Crippen molar-refractivity contribution >= 4 is 25.3 Å². The molecule has 0 N–H and O–H groups in total. The lowest BCUT2D eigenvalue weighted by molar-refractivity contribution is 0.952. The zero-order chi connectivity index (χ0) is 7.49. The second-order valence-corrected chi connectivity index (χ2v) is 4.33. The fraction of sp³-hybridized carbons (Fsp3) is 0.714. The van der Waals surface area contributed by atoms with E-state index in [1.807, 2.05) is 13.8 Å². The molecule has 0 fully saturated rings. The van der Waals surface area contributed by atoms with Gasteiger partial charge in [-0.25, -0.2) is 0 Å². The average molecular weight is 162 g/mol. The predicted octanol–water partition coefficient (Wildman–Crippen LogP) is 2.92. The quantitative estimate of drug-likeness (QED) is 0.348. The van der Waals surface area contributed by atoms with Crippen molar-refractivity contribution in [1.82, 2.24) is 0 Å². The van der Waals surface area contributed by atoms with Crippen molar-refractivity contribution in [1.29, 1.82) is 0 Å². The molecule has 0 saturated carbocycles. The highest BCUT2D eigenvalue weighted by molar-refractivity contribution is 8.00. The molecular weight excluding hydrogens is 148 g/mol. The maximum atomic E-state index is 4.31. The smallest absolute Gasteiger partial charge is 0.0733 e. The summed E-state index contributed by atoms with van der Waals surface area (Å²) in [6, 6.07) is 0. The lowest BCUT2D eigenvalue weighted by Crippen LogP contribution is -2.09. The van der Waals surface area contributed by atoms with Gasteiger partial charge in [0.2, 0.25) is 0 Å². The summed E-state index contributed by atoms with van der Waals surface area (Å²) in [4.78, 5) is 0. The molecule has 0 spiro atoms. The first-order valence-electron chi connectivity index (χ1n) is 3.12. The summed E-state index contributed by atoms with van der Waals surface area (Å²) >= 11 is 8.61. The van der Waals surface area contributed by atoms with Gasteiger partial charge >= 0.3 is 0 Å². The molecule has 0 saturated heterocycles. The Morgan fingerprint density at radius 3 is 2.00 bits per heavy atom. The molecule has 0 aromatic rings. The first-order valence-corrected chi connectivity index (χ1v) is 4.02. The van der Waals surface area contributed by atoms with Crippen LogP contribution in [0, 0.1) is 0 Å². The summed E-state index contributed by atoms with van der Waals surface area (Å²) in [7, 11) is 0. The van der Waals surface area contributed by atoms with Crippen LogP contribution in [0.4, 0.5) is 0 Å². The third-order valence-corrected chi connectivity index (χ3v) is 1.91. The van der Waals surface area contributed by atoms with E-state index < -0.39 is 0 Å². The van der Waals surface area contributed by atoms with Crippen LogP contribution in [0.1, 0.15) is 27.2 Å². The van der Waals surface area contributed by atoms with Crippen molar-refractivity contribution < 1.29 is 0 Å². The Labute approximate surface area is 68.5 Å². The summed E-state index contributed by atoms with van der Waals surface area (Å²) in [6.07, 6.45) is 3.10. The molecule has 0 bridgehead atoms. The summed E-state index contributed by atoms with van der Waals surface area (Å²) in [5, 5.41) is 0. The molecule has 0 atom stereocenters. The van der Waals surface area contributed by atoms with Crippen LogP contribution < -0.4 is 0 Å². The number of rotatable bonds is 2.